The molecule has 0 unspecified atom stereocenters. The van der Waals surface area contributed by atoms with Crippen molar-refractivity contribution < 1.29 is 28.4 Å². The minimum absolute atomic E-state index is 0.0592. The van der Waals surface area contributed by atoms with Crippen LogP contribution in [0.15, 0.2) is 87.8 Å². The summed E-state index contributed by atoms with van der Waals surface area (Å²) in [7, 11) is 0. The van der Waals surface area contributed by atoms with E-state index in [4.69, 9.17) is 8.94 Å². The first kappa shape index (κ1) is 26.2. The number of rotatable bonds is 10. The van der Waals surface area contributed by atoms with Gasteiger partial charge in [0.25, 0.3) is 11.9 Å². The number of carboxylic acids is 1. The Labute approximate surface area is 228 Å². The number of aromatic nitrogens is 2. The summed E-state index contributed by atoms with van der Waals surface area (Å²) >= 11 is 0. The molecule has 0 aliphatic rings. The van der Waals surface area contributed by atoms with Crippen LogP contribution in [0.3, 0.4) is 0 Å². The van der Waals surface area contributed by atoms with Gasteiger partial charge in [0, 0.05) is 17.4 Å². The zero-order valence-electron chi connectivity index (χ0n) is 21.4. The molecular weight excluding hydrogens is 514 g/mol. The number of carbonyl (C=O) groups excluding carboxylic acids is 2. The van der Waals surface area contributed by atoms with Crippen molar-refractivity contribution in [2.75, 3.05) is 10.6 Å². The van der Waals surface area contributed by atoms with Crippen molar-refractivity contribution in [3.8, 4) is 0 Å². The Balaban J connectivity index is 1.21. The van der Waals surface area contributed by atoms with Crippen LogP contribution in [0, 0.1) is 6.92 Å². The summed E-state index contributed by atoms with van der Waals surface area (Å²) in [5, 5.41) is 21.6. The maximum absolute atomic E-state index is 12.7. The lowest BCUT2D eigenvalue weighted by Crippen LogP contribution is -2.30. The number of aryl methyl sites for hydroxylation is 1. The average molecular weight is 540 g/mol. The highest BCUT2D eigenvalue weighted by Crippen LogP contribution is 2.24. The number of hydrogen-bond donors (Lipinski definition) is 4. The smallest absolute Gasteiger partial charge is 0.305 e. The predicted molar refractivity (Wildman–Crippen MR) is 146 cm³/mol. The largest absolute Gasteiger partial charge is 0.481 e. The molecule has 2 heterocycles. The zero-order chi connectivity index (χ0) is 28.1. The molecule has 3 aromatic carbocycles. The van der Waals surface area contributed by atoms with E-state index in [0.29, 0.717) is 34.1 Å². The van der Waals surface area contributed by atoms with Gasteiger partial charge in [-0.1, -0.05) is 41.6 Å². The van der Waals surface area contributed by atoms with Gasteiger partial charge < -0.3 is 30.0 Å². The highest BCUT2D eigenvalue weighted by atomic mass is 16.5. The number of benzene rings is 3. The van der Waals surface area contributed by atoms with Gasteiger partial charge in [0.1, 0.15) is 11.3 Å². The van der Waals surface area contributed by atoms with Crippen molar-refractivity contribution in [1.82, 2.24) is 15.5 Å². The number of fused-ring (bicyclic) bond motifs is 1. The summed E-state index contributed by atoms with van der Waals surface area (Å²) in [4.78, 5) is 41.0. The molecule has 1 atom stereocenters. The van der Waals surface area contributed by atoms with Gasteiger partial charge in [-0.2, -0.15) is 4.98 Å². The van der Waals surface area contributed by atoms with Gasteiger partial charge in [-0.3, -0.25) is 14.4 Å². The van der Waals surface area contributed by atoms with Crippen molar-refractivity contribution in [1.29, 1.82) is 0 Å². The second-order valence-electron chi connectivity index (χ2n) is 9.11. The number of carboxylic acid groups (broad SMARTS) is 1. The Bertz CT molecular complexity index is 1660. The van der Waals surface area contributed by atoms with E-state index in [0.717, 1.165) is 11.3 Å². The number of oxazole rings is 1. The van der Waals surface area contributed by atoms with Gasteiger partial charge in [-0.15, -0.1) is 0 Å². The Morgan fingerprint density at radius 1 is 0.950 bits per heavy atom. The lowest BCUT2D eigenvalue weighted by Gasteiger charge is -2.17. The first-order valence-corrected chi connectivity index (χ1v) is 12.4. The zero-order valence-corrected chi connectivity index (χ0v) is 21.4. The number of anilines is 3. The maximum Gasteiger partial charge on any atom is 0.305 e. The van der Waals surface area contributed by atoms with Gasteiger partial charge in [-0.25, -0.2) is 0 Å². The fourth-order valence-corrected chi connectivity index (χ4v) is 4.10. The molecule has 202 valence electrons. The third-order valence-electron chi connectivity index (χ3n) is 5.98. The van der Waals surface area contributed by atoms with E-state index < -0.39 is 17.9 Å². The van der Waals surface area contributed by atoms with Gasteiger partial charge in [0.05, 0.1) is 18.9 Å². The number of aliphatic carboxylic acids is 1. The molecular formula is C29H25N5O6. The number of para-hydroxylation sites is 1. The Morgan fingerprint density at radius 3 is 2.42 bits per heavy atom. The lowest BCUT2D eigenvalue weighted by molar-refractivity contribution is -0.137. The standard InChI is InChI=1S/C29H25N5O6/c1-17-13-24(34-40-17)28(38)32-23(16-27(36)37)19-8-10-21(11-9-19)30-26(35)15-18-7-12-22-25(14-18)39-29(33-22)31-20-5-3-2-4-6-20/h2-14,23H,15-16H2,1H3,(H,30,35)(H,31,33)(H,32,38)(H,36,37)/t23-/m1/s1. The summed E-state index contributed by atoms with van der Waals surface area (Å²) in [6, 6.07) is 22.5. The van der Waals surface area contributed by atoms with Crippen molar-refractivity contribution in [3.63, 3.8) is 0 Å². The molecule has 2 amide bonds. The Morgan fingerprint density at radius 2 is 1.73 bits per heavy atom. The minimum atomic E-state index is -1.08. The molecule has 40 heavy (non-hydrogen) atoms. The third kappa shape index (κ3) is 6.51. The molecule has 0 aliphatic heterocycles. The summed E-state index contributed by atoms with van der Waals surface area (Å²) in [5.41, 5.74) is 3.96. The number of nitrogens with zero attached hydrogens (tertiary/aromatic N) is 2. The molecule has 4 N–H and O–H groups in total. The molecule has 2 aromatic heterocycles. The van der Waals surface area contributed by atoms with Gasteiger partial charge in [-0.05, 0) is 54.4 Å². The van der Waals surface area contributed by atoms with Crippen LogP contribution >= 0.6 is 0 Å². The van der Waals surface area contributed by atoms with Crippen LogP contribution in [0.4, 0.5) is 17.4 Å². The number of carbonyl (C=O) groups is 3. The number of nitrogens with one attached hydrogen (secondary N) is 3. The van der Waals surface area contributed by atoms with E-state index in [1.54, 1.807) is 43.3 Å². The van der Waals surface area contributed by atoms with Gasteiger partial charge >= 0.3 is 5.97 Å². The summed E-state index contributed by atoms with van der Waals surface area (Å²) in [6.45, 7) is 1.65. The van der Waals surface area contributed by atoms with Crippen molar-refractivity contribution >= 4 is 46.3 Å². The van der Waals surface area contributed by atoms with Crippen molar-refractivity contribution in [2.45, 2.75) is 25.8 Å². The van der Waals surface area contributed by atoms with E-state index in [-0.39, 0.29) is 24.4 Å². The summed E-state index contributed by atoms with van der Waals surface area (Å²) in [5.74, 6) is -1.41. The normalized spacial score (nSPS) is 11.6. The quantitative estimate of drug-likeness (QED) is 0.192. The molecule has 11 heteroatoms. The van der Waals surface area contributed by atoms with Crippen LogP contribution in [0.2, 0.25) is 0 Å². The fraction of sp³-hybridized carbons (Fsp3) is 0.138. The topological polar surface area (TPSA) is 160 Å². The molecule has 0 saturated heterocycles. The maximum atomic E-state index is 12.7. The third-order valence-corrected chi connectivity index (χ3v) is 5.98. The summed E-state index contributed by atoms with van der Waals surface area (Å²) < 4.78 is 10.7. The molecule has 0 fully saturated rings. The van der Waals surface area contributed by atoms with E-state index >= 15 is 0 Å². The van der Waals surface area contributed by atoms with Crippen LogP contribution < -0.4 is 16.0 Å². The van der Waals surface area contributed by atoms with E-state index in [9.17, 15) is 19.5 Å². The van der Waals surface area contributed by atoms with Crippen LogP contribution in [-0.4, -0.2) is 33.0 Å². The second-order valence-corrected chi connectivity index (χ2v) is 9.11. The molecule has 0 saturated carbocycles. The lowest BCUT2D eigenvalue weighted by atomic mass is 10.0. The molecule has 5 rings (SSSR count). The minimum Gasteiger partial charge on any atom is -0.481 e. The number of hydrogen-bond acceptors (Lipinski definition) is 8. The molecule has 0 radical (unpaired) electrons. The molecule has 0 aliphatic carbocycles. The van der Waals surface area contributed by atoms with Crippen LogP contribution in [0.1, 0.15) is 39.8 Å². The average Bonchev–Trinajstić information content (AvgIpc) is 3.54. The fourth-order valence-electron chi connectivity index (χ4n) is 4.10. The number of amides is 2. The monoisotopic (exact) mass is 539 g/mol. The first-order chi connectivity index (χ1) is 19.3. The van der Waals surface area contributed by atoms with Crippen LogP contribution in [0.25, 0.3) is 11.1 Å². The summed E-state index contributed by atoms with van der Waals surface area (Å²) in [6.07, 6.45) is -0.227. The van der Waals surface area contributed by atoms with Gasteiger partial charge in [0.2, 0.25) is 5.91 Å². The highest BCUT2D eigenvalue weighted by molar-refractivity contribution is 5.93. The van der Waals surface area contributed by atoms with E-state index in [1.807, 2.05) is 36.4 Å². The Hall–Kier alpha value is -5.45. The van der Waals surface area contributed by atoms with E-state index in [1.165, 1.54) is 6.07 Å². The molecule has 0 spiro atoms. The van der Waals surface area contributed by atoms with Gasteiger partial charge in [0.15, 0.2) is 11.3 Å². The molecule has 5 aromatic rings. The van der Waals surface area contributed by atoms with Crippen molar-refractivity contribution in [2.24, 2.45) is 0 Å². The SMILES string of the molecule is Cc1cc(C(=O)N[C@H](CC(=O)O)c2ccc(NC(=O)Cc3ccc4nc(Nc5ccccc5)oc4c3)cc2)no1. The van der Waals surface area contributed by atoms with Crippen molar-refractivity contribution in [3.05, 3.63) is 101 Å². The van der Waals surface area contributed by atoms with Crippen LogP contribution in [0.5, 0.6) is 0 Å². The Kier molecular flexibility index (Phi) is 7.54. The molecule has 0 bridgehead atoms. The van der Waals surface area contributed by atoms with Crippen LogP contribution in [-0.2, 0) is 16.0 Å². The second kappa shape index (κ2) is 11.5. The highest BCUT2D eigenvalue weighted by Gasteiger charge is 2.21. The predicted octanol–water partition coefficient (Wildman–Crippen LogP) is 4.99. The molecule has 11 nitrogen and oxygen atoms in total. The first-order valence-electron chi connectivity index (χ1n) is 12.4. The van der Waals surface area contributed by atoms with E-state index in [2.05, 4.69) is 26.1 Å².